The summed E-state index contributed by atoms with van der Waals surface area (Å²) in [4.78, 5) is 0. The Morgan fingerprint density at radius 1 is 1.37 bits per heavy atom. The average Bonchev–Trinajstić information content (AvgIpc) is 2.82. The summed E-state index contributed by atoms with van der Waals surface area (Å²) in [5.74, 6) is 1.63. The molecule has 0 fully saturated rings. The summed E-state index contributed by atoms with van der Waals surface area (Å²) in [6, 6.07) is 4.10. The van der Waals surface area contributed by atoms with E-state index in [1.165, 1.54) is 5.69 Å². The zero-order valence-electron chi connectivity index (χ0n) is 11.9. The van der Waals surface area contributed by atoms with Crippen molar-refractivity contribution in [3.05, 3.63) is 29.7 Å². The van der Waals surface area contributed by atoms with E-state index in [0.29, 0.717) is 5.92 Å². The van der Waals surface area contributed by atoms with Crippen molar-refractivity contribution < 1.29 is 0 Å². The number of nitrogens with one attached hydrogen (secondary N) is 1. The first-order valence-electron chi connectivity index (χ1n) is 6.31. The van der Waals surface area contributed by atoms with Gasteiger partial charge in [0.15, 0.2) is 0 Å². The van der Waals surface area contributed by atoms with Crippen molar-refractivity contribution >= 4 is 18.2 Å². The van der Waals surface area contributed by atoms with Crippen LogP contribution in [0.15, 0.2) is 18.3 Å². The highest BCUT2D eigenvalue weighted by atomic mass is 35.5. The number of rotatable bonds is 5. The highest BCUT2D eigenvalue weighted by molar-refractivity contribution is 5.85. The maximum Gasteiger partial charge on any atom is 0.124 e. The third-order valence-corrected chi connectivity index (χ3v) is 2.80. The largest absolute Gasteiger partial charge is 0.365 e. The molecule has 0 saturated carbocycles. The molecule has 106 valence electrons. The molecule has 2 aromatic heterocycles. The second kappa shape index (κ2) is 6.61. The van der Waals surface area contributed by atoms with Gasteiger partial charge in [0.25, 0.3) is 0 Å². The van der Waals surface area contributed by atoms with Crippen molar-refractivity contribution in [2.45, 2.75) is 33.9 Å². The fourth-order valence-electron chi connectivity index (χ4n) is 1.98. The lowest BCUT2D eigenvalue weighted by atomic mass is 10.2. The predicted molar refractivity (Wildman–Crippen MR) is 79.6 cm³/mol. The normalized spacial score (nSPS) is 10.6. The van der Waals surface area contributed by atoms with Gasteiger partial charge in [-0.15, -0.1) is 12.4 Å². The Hall–Kier alpha value is -1.49. The fourth-order valence-corrected chi connectivity index (χ4v) is 1.98. The van der Waals surface area contributed by atoms with Crippen molar-refractivity contribution in [3.63, 3.8) is 0 Å². The van der Waals surface area contributed by atoms with Crippen LogP contribution in [0.5, 0.6) is 0 Å². The minimum Gasteiger partial charge on any atom is -0.365 e. The summed E-state index contributed by atoms with van der Waals surface area (Å²) in [6.07, 6.45) is 1.86. The highest BCUT2D eigenvalue weighted by Crippen LogP contribution is 2.11. The van der Waals surface area contributed by atoms with Gasteiger partial charge in [0.2, 0.25) is 0 Å². The van der Waals surface area contributed by atoms with Gasteiger partial charge in [-0.3, -0.25) is 9.36 Å². The summed E-state index contributed by atoms with van der Waals surface area (Å²) in [5.41, 5.74) is 2.22. The van der Waals surface area contributed by atoms with Gasteiger partial charge in [-0.2, -0.15) is 10.2 Å². The Kier molecular flexibility index (Phi) is 5.42. The quantitative estimate of drug-likeness (QED) is 0.918. The van der Waals surface area contributed by atoms with E-state index in [2.05, 4.69) is 40.1 Å². The first kappa shape index (κ1) is 15.6. The minimum absolute atomic E-state index is 0. The molecule has 0 aliphatic carbocycles. The van der Waals surface area contributed by atoms with E-state index in [0.717, 1.165) is 24.6 Å². The van der Waals surface area contributed by atoms with Crippen LogP contribution in [0.3, 0.4) is 0 Å². The van der Waals surface area contributed by atoms with Crippen LogP contribution in [0.4, 0.5) is 5.82 Å². The SMILES string of the molecule is Cc1cc(NCc2ccnn2CC(C)C)n(C)n1.Cl. The number of hydrogen-bond acceptors (Lipinski definition) is 3. The molecule has 0 aromatic carbocycles. The number of anilines is 1. The van der Waals surface area contributed by atoms with Crippen molar-refractivity contribution in [1.29, 1.82) is 0 Å². The third-order valence-electron chi connectivity index (χ3n) is 2.80. The Morgan fingerprint density at radius 2 is 2.11 bits per heavy atom. The summed E-state index contributed by atoms with van der Waals surface area (Å²) in [5, 5.41) is 12.1. The molecule has 0 aliphatic rings. The molecular weight excluding hydrogens is 262 g/mol. The van der Waals surface area contributed by atoms with E-state index >= 15 is 0 Å². The van der Waals surface area contributed by atoms with Crippen LogP contribution in [-0.4, -0.2) is 19.6 Å². The number of nitrogens with zero attached hydrogens (tertiary/aromatic N) is 4. The molecule has 0 spiro atoms. The average molecular weight is 284 g/mol. The van der Waals surface area contributed by atoms with Gasteiger partial charge < -0.3 is 5.32 Å². The Morgan fingerprint density at radius 3 is 2.68 bits per heavy atom. The Bertz CT molecular complexity index is 515. The lowest BCUT2D eigenvalue weighted by Gasteiger charge is -2.11. The van der Waals surface area contributed by atoms with Crippen LogP contribution in [0.2, 0.25) is 0 Å². The van der Waals surface area contributed by atoms with Crippen LogP contribution in [0.25, 0.3) is 0 Å². The first-order chi connectivity index (χ1) is 8.56. The Labute approximate surface area is 120 Å². The molecule has 0 amide bonds. The van der Waals surface area contributed by atoms with Crippen molar-refractivity contribution in [1.82, 2.24) is 19.6 Å². The molecule has 6 heteroatoms. The number of aryl methyl sites for hydroxylation is 2. The van der Waals surface area contributed by atoms with Crippen molar-refractivity contribution in [3.8, 4) is 0 Å². The third kappa shape index (κ3) is 3.99. The van der Waals surface area contributed by atoms with Gasteiger partial charge >= 0.3 is 0 Å². The molecule has 2 aromatic rings. The van der Waals surface area contributed by atoms with Gasteiger partial charge in [0.05, 0.1) is 17.9 Å². The second-order valence-corrected chi connectivity index (χ2v) is 5.05. The molecule has 5 nitrogen and oxygen atoms in total. The van der Waals surface area contributed by atoms with Crippen LogP contribution in [0, 0.1) is 12.8 Å². The molecule has 2 rings (SSSR count). The van der Waals surface area contributed by atoms with Gasteiger partial charge in [-0.05, 0) is 18.9 Å². The molecular formula is C13H22ClN5. The van der Waals surface area contributed by atoms with Crippen molar-refractivity contribution in [2.75, 3.05) is 5.32 Å². The number of aromatic nitrogens is 4. The molecule has 0 radical (unpaired) electrons. The van der Waals surface area contributed by atoms with Crippen LogP contribution in [-0.2, 0) is 20.1 Å². The molecule has 0 unspecified atom stereocenters. The van der Waals surface area contributed by atoms with Gasteiger partial charge in [0, 0.05) is 25.9 Å². The fraction of sp³-hybridized carbons (Fsp3) is 0.538. The van der Waals surface area contributed by atoms with Gasteiger partial charge in [-0.1, -0.05) is 13.8 Å². The maximum atomic E-state index is 4.35. The lowest BCUT2D eigenvalue weighted by molar-refractivity contribution is 0.470. The molecule has 2 heterocycles. The van der Waals surface area contributed by atoms with E-state index in [4.69, 9.17) is 0 Å². The van der Waals surface area contributed by atoms with Crippen LogP contribution < -0.4 is 5.32 Å². The smallest absolute Gasteiger partial charge is 0.124 e. The number of hydrogen-bond donors (Lipinski definition) is 1. The molecule has 19 heavy (non-hydrogen) atoms. The summed E-state index contributed by atoms with van der Waals surface area (Å²) >= 11 is 0. The van der Waals surface area contributed by atoms with E-state index in [9.17, 15) is 0 Å². The summed E-state index contributed by atoms with van der Waals surface area (Å²) in [7, 11) is 1.95. The lowest BCUT2D eigenvalue weighted by Crippen LogP contribution is -2.13. The summed E-state index contributed by atoms with van der Waals surface area (Å²) < 4.78 is 3.92. The molecule has 0 saturated heterocycles. The zero-order chi connectivity index (χ0) is 13.1. The van der Waals surface area contributed by atoms with E-state index < -0.39 is 0 Å². The van der Waals surface area contributed by atoms with Gasteiger partial charge in [-0.25, -0.2) is 0 Å². The molecule has 0 aliphatic heterocycles. The monoisotopic (exact) mass is 283 g/mol. The van der Waals surface area contributed by atoms with E-state index in [1.54, 1.807) is 0 Å². The topological polar surface area (TPSA) is 47.7 Å². The van der Waals surface area contributed by atoms with E-state index in [1.807, 2.05) is 30.9 Å². The van der Waals surface area contributed by atoms with Crippen LogP contribution in [0.1, 0.15) is 25.2 Å². The van der Waals surface area contributed by atoms with E-state index in [-0.39, 0.29) is 12.4 Å². The zero-order valence-corrected chi connectivity index (χ0v) is 12.7. The first-order valence-corrected chi connectivity index (χ1v) is 6.31. The maximum absolute atomic E-state index is 4.35. The van der Waals surface area contributed by atoms with Crippen molar-refractivity contribution in [2.24, 2.45) is 13.0 Å². The van der Waals surface area contributed by atoms with Crippen LogP contribution >= 0.6 is 12.4 Å². The standard InChI is InChI=1S/C13H21N5.ClH/c1-10(2)9-18-12(5-6-15-18)8-14-13-7-11(3)16-17(13)4;/h5-7,10,14H,8-9H2,1-4H3;1H. The molecule has 0 atom stereocenters. The molecule has 0 bridgehead atoms. The molecule has 1 N–H and O–H groups in total. The predicted octanol–water partition coefficient (Wildman–Crippen LogP) is 2.61. The minimum atomic E-state index is 0. The Balaban J connectivity index is 0.00000180. The summed E-state index contributed by atoms with van der Waals surface area (Å²) in [6.45, 7) is 8.11. The van der Waals surface area contributed by atoms with Gasteiger partial charge in [0.1, 0.15) is 5.82 Å². The number of halogens is 1. The second-order valence-electron chi connectivity index (χ2n) is 5.05. The highest BCUT2D eigenvalue weighted by Gasteiger charge is 2.06.